The maximum Gasteiger partial charge on any atom is 0.311 e. The number of hydrogen-bond acceptors (Lipinski definition) is 2. The van der Waals surface area contributed by atoms with Crippen molar-refractivity contribution in [3.05, 3.63) is 42.1 Å². The lowest BCUT2D eigenvalue weighted by Gasteiger charge is -2.25. The lowest BCUT2D eigenvalue weighted by atomic mass is 9.99. The Balaban J connectivity index is 1.86. The van der Waals surface area contributed by atoms with Crippen LogP contribution in [0.3, 0.4) is 0 Å². The number of primary amides is 1. The summed E-state index contributed by atoms with van der Waals surface area (Å²) in [6, 6.07) is 8.10. The molecule has 0 spiro atoms. The van der Waals surface area contributed by atoms with E-state index in [0.717, 1.165) is 17.5 Å². The van der Waals surface area contributed by atoms with E-state index in [-0.39, 0.29) is 0 Å². The maximum absolute atomic E-state index is 11.5. The summed E-state index contributed by atoms with van der Waals surface area (Å²) in [6.07, 6.45) is 4.70. The summed E-state index contributed by atoms with van der Waals surface area (Å²) in [5, 5.41) is 1.17. The highest BCUT2D eigenvalue weighted by atomic mass is 16.2. The number of nitrogens with zero attached hydrogens (tertiary/aromatic N) is 1. The molecule has 20 heavy (non-hydrogen) atoms. The number of hydrogen-bond donors (Lipinski definition) is 2. The van der Waals surface area contributed by atoms with E-state index in [1.165, 1.54) is 15.9 Å². The van der Waals surface area contributed by atoms with Crippen molar-refractivity contribution >= 4 is 28.3 Å². The van der Waals surface area contributed by atoms with E-state index in [2.05, 4.69) is 11.1 Å². The van der Waals surface area contributed by atoms with Crippen molar-refractivity contribution in [1.82, 2.24) is 9.88 Å². The maximum atomic E-state index is 11.5. The SMILES string of the molecule is NC(=O)C(=O)N1CC=C(c2c[nH]c3ccccc23)CC1. The predicted molar refractivity (Wildman–Crippen MR) is 76.7 cm³/mol. The van der Waals surface area contributed by atoms with Gasteiger partial charge in [-0.3, -0.25) is 9.59 Å². The zero-order chi connectivity index (χ0) is 14.1. The van der Waals surface area contributed by atoms with Gasteiger partial charge in [0, 0.05) is 35.8 Å². The fourth-order valence-corrected chi connectivity index (χ4v) is 2.59. The van der Waals surface area contributed by atoms with E-state index in [1.54, 1.807) is 0 Å². The van der Waals surface area contributed by atoms with Crippen molar-refractivity contribution in [3.63, 3.8) is 0 Å². The molecule has 2 amide bonds. The molecule has 0 fully saturated rings. The van der Waals surface area contributed by atoms with Gasteiger partial charge in [0.15, 0.2) is 0 Å². The zero-order valence-electron chi connectivity index (χ0n) is 10.9. The molecule has 5 nitrogen and oxygen atoms in total. The second kappa shape index (κ2) is 4.85. The zero-order valence-corrected chi connectivity index (χ0v) is 10.9. The first-order valence-corrected chi connectivity index (χ1v) is 6.51. The van der Waals surface area contributed by atoms with Gasteiger partial charge in [-0.1, -0.05) is 24.3 Å². The molecule has 1 aliphatic rings. The molecule has 0 saturated carbocycles. The van der Waals surface area contributed by atoms with Gasteiger partial charge in [0.1, 0.15) is 0 Å². The minimum Gasteiger partial charge on any atom is -0.361 e. The molecule has 2 aromatic rings. The third-order valence-corrected chi connectivity index (χ3v) is 3.64. The summed E-state index contributed by atoms with van der Waals surface area (Å²) in [4.78, 5) is 27.1. The molecule has 0 atom stereocenters. The molecular weight excluding hydrogens is 254 g/mol. The summed E-state index contributed by atoms with van der Waals surface area (Å²) in [5.74, 6) is -1.51. The average molecular weight is 269 g/mol. The molecule has 0 radical (unpaired) electrons. The number of aromatic nitrogens is 1. The lowest BCUT2D eigenvalue weighted by molar-refractivity contribution is -0.143. The molecule has 0 saturated heterocycles. The third-order valence-electron chi connectivity index (χ3n) is 3.64. The van der Waals surface area contributed by atoms with Gasteiger partial charge in [-0.2, -0.15) is 0 Å². The van der Waals surface area contributed by atoms with Crippen molar-refractivity contribution < 1.29 is 9.59 Å². The van der Waals surface area contributed by atoms with Crippen molar-refractivity contribution in [2.75, 3.05) is 13.1 Å². The number of H-pyrrole nitrogens is 1. The van der Waals surface area contributed by atoms with Gasteiger partial charge < -0.3 is 15.6 Å². The highest BCUT2D eigenvalue weighted by Crippen LogP contribution is 2.28. The van der Waals surface area contributed by atoms with Crippen molar-refractivity contribution in [1.29, 1.82) is 0 Å². The monoisotopic (exact) mass is 269 g/mol. The quantitative estimate of drug-likeness (QED) is 0.765. The Morgan fingerprint density at radius 1 is 1.25 bits per heavy atom. The second-order valence-corrected chi connectivity index (χ2v) is 4.84. The van der Waals surface area contributed by atoms with Gasteiger partial charge in [0.2, 0.25) is 0 Å². The first kappa shape index (κ1) is 12.5. The standard InChI is InChI=1S/C15H15N3O2/c16-14(19)15(20)18-7-5-10(6-8-18)12-9-17-13-4-2-1-3-11(12)13/h1-5,9,17H,6-8H2,(H2,16,19). The fourth-order valence-electron chi connectivity index (χ4n) is 2.59. The molecule has 3 N–H and O–H groups in total. The van der Waals surface area contributed by atoms with Gasteiger partial charge in [-0.05, 0) is 18.1 Å². The fraction of sp³-hybridized carbons (Fsp3) is 0.200. The Hall–Kier alpha value is -2.56. The van der Waals surface area contributed by atoms with E-state index < -0.39 is 11.8 Å². The number of fused-ring (bicyclic) bond motifs is 1. The number of carbonyl (C=O) groups is 2. The number of carbonyl (C=O) groups excluding carboxylic acids is 2. The van der Waals surface area contributed by atoms with Crippen LogP contribution in [0.2, 0.25) is 0 Å². The van der Waals surface area contributed by atoms with Crippen LogP contribution in [0.25, 0.3) is 16.5 Å². The molecule has 1 aromatic heterocycles. The van der Waals surface area contributed by atoms with Gasteiger partial charge in [0.25, 0.3) is 0 Å². The molecule has 0 aliphatic carbocycles. The van der Waals surface area contributed by atoms with Gasteiger partial charge >= 0.3 is 11.8 Å². The van der Waals surface area contributed by atoms with Crippen LogP contribution in [0.5, 0.6) is 0 Å². The van der Waals surface area contributed by atoms with Crippen molar-refractivity contribution in [2.45, 2.75) is 6.42 Å². The molecule has 1 aromatic carbocycles. The molecule has 0 bridgehead atoms. The van der Waals surface area contributed by atoms with Crippen LogP contribution in [0.15, 0.2) is 36.5 Å². The minimum absolute atomic E-state index is 0.427. The van der Waals surface area contributed by atoms with Crippen molar-refractivity contribution in [2.24, 2.45) is 5.73 Å². The first-order chi connectivity index (χ1) is 9.66. The lowest BCUT2D eigenvalue weighted by Crippen LogP contribution is -2.42. The predicted octanol–water partition coefficient (Wildman–Crippen LogP) is 1.27. The molecule has 102 valence electrons. The summed E-state index contributed by atoms with van der Waals surface area (Å²) in [5.41, 5.74) is 8.46. The second-order valence-electron chi connectivity index (χ2n) is 4.84. The Morgan fingerprint density at radius 2 is 2.05 bits per heavy atom. The summed E-state index contributed by atoms with van der Waals surface area (Å²) >= 11 is 0. The van der Waals surface area contributed by atoms with Crippen LogP contribution in [-0.4, -0.2) is 34.8 Å². The average Bonchev–Trinajstić information content (AvgIpc) is 2.90. The van der Waals surface area contributed by atoms with Gasteiger partial charge in [0.05, 0.1) is 0 Å². The van der Waals surface area contributed by atoms with E-state index in [1.807, 2.05) is 30.5 Å². The smallest absolute Gasteiger partial charge is 0.311 e. The van der Waals surface area contributed by atoms with E-state index in [9.17, 15) is 9.59 Å². The number of benzene rings is 1. The normalized spacial score (nSPS) is 15.2. The molecular formula is C15H15N3O2. The van der Waals surface area contributed by atoms with Crippen LogP contribution >= 0.6 is 0 Å². The van der Waals surface area contributed by atoms with Crippen molar-refractivity contribution in [3.8, 4) is 0 Å². The number of rotatable bonds is 1. The molecule has 1 aliphatic heterocycles. The van der Waals surface area contributed by atoms with E-state index in [0.29, 0.717) is 13.1 Å². The molecule has 5 heteroatoms. The highest BCUT2D eigenvalue weighted by molar-refractivity contribution is 6.34. The Bertz CT molecular complexity index is 715. The Morgan fingerprint density at radius 3 is 2.75 bits per heavy atom. The summed E-state index contributed by atoms with van der Waals surface area (Å²) in [6.45, 7) is 0.948. The van der Waals surface area contributed by atoms with Crippen LogP contribution in [0.4, 0.5) is 0 Å². The third kappa shape index (κ3) is 2.07. The van der Waals surface area contributed by atoms with Crippen LogP contribution in [0, 0.1) is 0 Å². The largest absolute Gasteiger partial charge is 0.361 e. The number of aromatic amines is 1. The van der Waals surface area contributed by atoms with Gasteiger partial charge in [-0.25, -0.2) is 0 Å². The molecule has 3 rings (SSSR count). The van der Waals surface area contributed by atoms with Crippen LogP contribution in [-0.2, 0) is 9.59 Å². The number of nitrogens with two attached hydrogens (primary N) is 1. The first-order valence-electron chi connectivity index (χ1n) is 6.51. The van der Waals surface area contributed by atoms with Crippen LogP contribution < -0.4 is 5.73 Å². The van der Waals surface area contributed by atoms with Crippen LogP contribution in [0.1, 0.15) is 12.0 Å². The molecule has 2 heterocycles. The number of amides is 2. The van der Waals surface area contributed by atoms with Gasteiger partial charge in [-0.15, -0.1) is 0 Å². The summed E-state index contributed by atoms with van der Waals surface area (Å²) in [7, 11) is 0. The number of nitrogens with one attached hydrogen (secondary N) is 1. The topological polar surface area (TPSA) is 79.2 Å². The number of para-hydroxylation sites is 1. The minimum atomic E-state index is -0.894. The van der Waals surface area contributed by atoms with E-state index >= 15 is 0 Å². The Labute approximate surface area is 116 Å². The highest BCUT2D eigenvalue weighted by Gasteiger charge is 2.22. The van der Waals surface area contributed by atoms with E-state index in [4.69, 9.17) is 5.73 Å². The summed E-state index contributed by atoms with van der Waals surface area (Å²) < 4.78 is 0. The Kier molecular flexibility index (Phi) is 3.02. The molecule has 0 unspecified atom stereocenters.